The fourth-order valence-corrected chi connectivity index (χ4v) is 4.61. The van der Waals surface area contributed by atoms with Crippen molar-refractivity contribution < 1.29 is 9.90 Å². The third-order valence-corrected chi connectivity index (χ3v) is 6.10. The Balaban J connectivity index is 1.77. The molecule has 5 nitrogen and oxygen atoms in total. The zero-order valence-corrected chi connectivity index (χ0v) is 15.9. The van der Waals surface area contributed by atoms with Crippen LogP contribution in [0.15, 0.2) is 0 Å². The van der Waals surface area contributed by atoms with Crippen LogP contribution in [0.5, 0.6) is 0 Å². The Bertz CT molecular complexity index is 462. The van der Waals surface area contributed by atoms with Crippen LogP contribution in [0.1, 0.15) is 71.6 Å². The molecule has 1 heterocycles. The first-order chi connectivity index (χ1) is 12.1. The molecule has 0 bridgehead atoms. The van der Waals surface area contributed by atoms with Gasteiger partial charge in [-0.1, -0.05) is 33.1 Å². The van der Waals surface area contributed by atoms with Gasteiger partial charge < -0.3 is 15.3 Å². The van der Waals surface area contributed by atoms with E-state index < -0.39 is 0 Å². The lowest BCUT2D eigenvalue weighted by atomic mass is 9.88. The lowest BCUT2D eigenvalue weighted by molar-refractivity contribution is -0.130. The number of carbonyl (C=O) groups excluding carboxylic acids is 1. The number of amides is 1. The van der Waals surface area contributed by atoms with Gasteiger partial charge in [0, 0.05) is 12.6 Å². The average molecular weight is 350 g/mol. The summed E-state index contributed by atoms with van der Waals surface area (Å²) in [6.07, 6.45) is 8.87. The van der Waals surface area contributed by atoms with E-state index in [1.54, 1.807) is 4.90 Å². The first-order valence-electron chi connectivity index (χ1n) is 10.2. The van der Waals surface area contributed by atoms with E-state index in [0.717, 1.165) is 57.8 Å². The molecule has 5 atom stereocenters. The van der Waals surface area contributed by atoms with Gasteiger partial charge in [0.15, 0.2) is 0 Å². The van der Waals surface area contributed by atoms with Crippen LogP contribution in [-0.4, -0.2) is 47.2 Å². The summed E-state index contributed by atoms with van der Waals surface area (Å²) >= 11 is 0. The minimum atomic E-state index is -0.234. The van der Waals surface area contributed by atoms with Crippen LogP contribution in [0.3, 0.4) is 0 Å². The number of hydrogen-bond acceptors (Lipinski definition) is 4. The molecular weight excluding hydrogens is 314 g/mol. The van der Waals surface area contributed by atoms with Crippen molar-refractivity contribution in [1.82, 2.24) is 10.2 Å². The molecule has 1 aliphatic heterocycles. The highest BCUT2D eigenvalue weighted by atomic mass is 16.3. The summed E-state index contributed by atoms with van der Waals surface area (Å²) < 4.78 is 0. The molecule has 5 heteroatoms. The fourth-order valence-electron chi connectivity index (χ4n) is 4.61. The third kappa shape index (κ3) is 5.69. The molecule has 2 N–H and O–H groups in total. The summed E-state index contributed by atoms with van der Waals surface area (Å²) in [5.74, 6) is 1.26. The van der Waals surface area contributed by atoms with Crippen LogP contribution >= 0.6 is 0 Å². The van der Waals surface area contributed by atoms with E-state index in [-0.39, 0.29) is 18.1 Å². The number of likely N-dealkylation sites (tertiary alicyclic amines) is 1. The van der Waals surface area contributed by atoms with Crippen LogP contribution in [0, 0.1) is 23.2 Å². The molecule has 0 aromatic carbocycles. The number of aliphatic hydroxyl groups excluding tert-OH is 1. The number of nitrogens with one attached hydrogen (secondary N) is 1. The average Bonchev–Trinajstić information content (AvgIpc) is 3.24. The minimum Gasteiger partial charge on any atom is -0.393 e. The highest BCUT2D eigenvalue weighted by Gasteiger charge is 2.35. The zero-order chi connectivity index (χ0) is 18.2. The SMILES string of the molecule is CCCCC(O)C[C@H]1CC(NCC(=O)N2CCCC2C#N)C[C@H]1CC. The molecular formula is C20H35N3O2. The zero-order valence-electron chi connectivity index (χ0n) is 15.9. The Morgan fingerprint density at radius 1 is 1.36 bits per heavy atom. The second-order valence-corrected chi connectivity index (χ2v) is 7.88. The number of nitriles is 1. The highest BCUT2D eigenvalue weighted by Crippen LogP contribution is 2.37. The van der Waals surface area contributed by atoms with E-state index in [2.05, 4.69) is 25.2 Å². The molecule has 0 aromatic rings. The fraction of sp³-hybridized carbons (Fsp3) is 0.900. The van der Waals surface area contributed by atoms with Crippen molar-refractivity contribution in [2.75, 3.05) is 13.1 Å². The second kappa shape index (κ2) is 10.1. The van der Waals surface area contributed by atoms with Crippen LogP contribution in [-0.2, 0) is 4.79 Å². The molecule has 0 spiro atoms. The number of carbonyl (C=O) groups is 1. The summed E-state index contributed by atoms with van der Waals surface area (Å²) in [4.78, 5) is 14.1. The van der Waals surface area contributed by atoms with Crippen LogP contribution in [0.2, 0.25) is 0 Å². The van der Waals surface area contributed by atoms with Gasteiger partial charge in [0.2, 0.25) is 5.91 Å². The molecule has 1 saturated carbocycles. The van der Waals surface area contributed by atoms with E-state index in [1.807, 2.05) is 0 Å². The van der Waals surface area contributed by atoms with Crippen molar-refractivity contribution in [1.29, 1.82) is 5.26 Å². The van der Waals surface area contributed by atoms with Crippen LogP contribution in [0.4, 0.5) is 0 Å². The van der Waals surface area contributed by atoms with Crippen molar-refractivity contribution in [3.63, 3.8) is 0 Å². The van der Waals surface area contributed by atoms with Crippen molar-refractivity contribution in [3.8, 4) is 6.07 Å². The van der Waals surface area contributed by atoms with Crippen LogP contribution < -0.4 is 5.32 Å². The summed E-state index contributed by atoms with van der Waals surface area (Å²) in [5.41, 5.74) is 0. The molecule has 2 rings (SSSR count). The van der Waals surface area contributed by atoms with Gasteiger partial charge in [0.25, 0.3) is 0 Å². The Morgan fingerprint density at radius 2 is 2.12 bits per heavy atom. The van der Waals surface area contributed by atoms with E-state index in [0.29, 0.717) is 31.0 Å². The normalized spacial score (nSPS) is 30.4. The van der Waals surface area contributed by atoms with Gasteiger partial charge in [-0.25, -0.2) is 0 Å². The molecule has 2 fully saturated rings. The van der Waals surface area contributed by atoms with E-state index in [4.69, 9.17) is 5.26 Å². The Labute approximate surface area is 152 Å². The molecule has 3 unspecified atom stereocenters. The van der Waals surface area contributed by atoms with Gasteiger partial charge in [0.05, 0.1) is 18.7 Å². The Morgan fingerprint density at radius 3 is 2.80 bits per heavy atom. The molecule has 1 aliphatic carbocycles. The smallest absolute Gasteiger partial charge is 0.237 e. The maximum atomic E-state index is 12.4. The number of nitrogens with zero attached hydrogens (tertiary/aromatic N) is 2. The first-order valence-corrected chi connectivity index (χ1v) is 10.2. The molecule has 25 heavy (non-hydrogen) atoms. The van der Waals surface area contributed by atoms with Gasteiger partial charge in [0.1, 0.15) is 6.04 Å². The molecule has 1 saturated heterocycles. The van der Waals surface area contributed by atoms with E-state index >= 15 is 0 Å². The van der Waals surface area contributed by atoms with Crippen molar-refractivity contribution in [3.05, 3.63) is 0 Å². The lowest BCUT2D eigenvalue weighted by Crippen LogP contribution is -2.43. The molecule has 0 aromatic heterocycles. The Kier molecular flexibility index (Phi) is 8.18. The quantitative estimate of drug-likeness (QED) is 0.671. The van der Waals surface area contributed by atoms with E-state index in [9.17, 15) is 9.90 Å². The largest absolute Gasteiger partial charge is 0.393 e. The predicted molar refractivity (Wildman–Crippen MR) is 98.8 cm³/mol. The molecule has 142 valence electrons. The number of unbranched alkanes of at least 4 members (excludes halogenated alkanes) is 1. The van der Waals surface area contributed by atoms with Crippen molar-refractivity contribution in [2.45, 2.75) is 89.8 Å². The molecule has 0 radical (unpaired) electrons. The topological polar surface area (TPSA) is 76.4 Å². The van der Waals surface area contributed by atoms with Gasteiger partial charge >= 0.3 is 0 Å². The summed E-state index contributed by atoms with van der Waals surface area (Å²) in [6, 6.07) is 2.36. The molecule has 2 aliphatic rings. The number of aliphatic hydroxyl groups is 1. The standard InChI is InChI=1S/C20H35N3O2/c1-3-5-8-19(24)12-16-11-17(10-15(16)4-2)22-14-20(25)23-9-6-7-18(23)13-21/h15-19,22,24H,3-12,14H2,1-2H3/t15-,16-,17?,18?,19?/m1/s1. The van der Waals surface area contributed by atoms with Gasteiger partial charge in [-0.15, -0.1) is 0 Å². The maximum Gasteiger partial charge on any atom is 0.237 e. The Hall–Kier alpha value is -1.12. The lowest BCUT2D eigenvalue weighted by Gasteiger charge is -2.21. The van der Waals surface area contributed by atoms with Crippen LogP contribution in [0.25, 0.3) is 0 Å². The van der Waals surface area contributed by atoms with Gasteiger partial charge in [-0.3, -0.25) is 4.79 Å². The maximum absolute atomic E-state index is 12.4. The van der Waals surface area contributed by atoms with Gasteiger partial charge in [-0.2, -0.15) is 5.26 Å². The monoisotopic (exact) mass is 349 g/mol. The summed E-state index contributed by atoms with van der Waals surface area (Å²) in [6.45, 7) is 5.44. The number of hydrogen-bond donors (Lipinski definition) is 2. The first kappa shape index (κ1) is 20.2. The minimum absolute atomic E-state index is 0.0588. The van der Waals surface area contributed by atoms with Crippen molar-refractivity contribution in [2.24, 2.45) is 11.8 Å². The van der Waals surface area contributed by atoms with Crippen molar-refractivity contribution >= 4 is 5.91 Å². The van der Waals surface area contributed by atoms with Gasteiger partial charge in [-0.05, 0) is 50.4 Å². The number of rotatable bonds is 9. The second-order valence-electron chi connectivity index (χ2n) is 7.88. The molecule has 1 amide bonds. The predicted octanol–water partition coefficient (Wildman–Crippen LogP) is 2.84. The summed E-state index contributed by atoms with van der Waals surface area (Å²) in [7, 11) is 0. The van der Waals surface area contributed by atoms with E-state index in [1.165, 1.54) is 0 Å². The third-order valence-electron chi connectivity index (χ3n) is 6.10. The highest BCUT2D eigenvalue weighted by molar-refractivity contribution is 5.79. The summed E-state index contributed by atoms with van der Waals surface area (Å²) in [5, 5.41) is 22.8.